The van der Waals surface area contributed by atoms with Gasteiger partial charge in [0.25, 0.3) is 0 Å². The Bertz CT molecular complexity index is 660. The number of amides is 1. The van der Waals surface area contributed by atoms with Gasteiger partial charge < -0.3 is 15.6 Å². The van der Waals surface area contributed by atoms with Crippen molar-refractivity contribution in [3.05, 3.63) is 48.0 Å². The standard InChI is InChI=1S/C18H22ClNO3/c1-12(21)8-16(11-19)17(23-18(20)22)10-13-6-7-14-4-2-3-5-15(14)9-13/h2-7,9,12,16-17,21H,8,10-11H2,1H3,(H2,20,22)/t12-,16?,17-/m0/s1. The minimum Gasteiger partial charge on any atom is -0.446 e. The maximum absolute atomic E-state index is 11.2. The Morgan fingerprint density at radius 3 is 2.57 bits per heavy atom. The molecule has 0 aliphatic rings. The lowest BCUT2D eigenvalue weighted by atomic mass is 9.92. The quantitative estimate of drug-likeness (QED) is 0.761. The number of fused-ring (bicyclic) bond motifs is 1. The minimum atomic E-state index is -0.823. The maximum Gasteiger partial charge on any atom is 0.404 e. The topological polar surface area (TPSA) is 72.6 Å². The number of nitrogens with two attached hydrogens (primary N) is 1. The molecule has 0 fully saturated rings. The molecule has 23 heavy (non-hydrogen) atoms. The average Bonchev–Trinajstić information content (AvgIpc) is 2.51. The van der Waals surface area contributed by atoms with Crippen LogP contribution in [0.3, 0.4) is 0 Å². The number of aliphatic hydroxyl groups excluding tert-OH is 1. The lowest BCUT2D eigenvalue weighted by Crippen LogP contribution is -2.34. The second-order valence-electron chi connectivity index (χ2n) is 5.86. The van der Waals surface area contributed by atoms with Gasteiger partial charge in [-0.2, -0.15) is 0 Å². The SMILES string of the molecule is C[C@H](O)CC(CCl)[C@H](Cc1ccc2ccccc2c1)OC(N)=O. The highest BCUT2D eigenvalue weighted by Crippen LogP contribution is 2.23. The molecule has 0 aromatic heterocycles. The Hall–Kier alpha value is -1.78. The van der Waals surface area contributed by atoms with E-state index in [1.165, 1.54) is 0 Å². The molecule has 1 amide bonds. The second kappa shape index (κ2) is 8.18. The van der Waals surface area contributed by atoms with Crippen LogP contribution in [0.25, 0.3) is 10.8 Å². The molecule has 5 heteroatoms. The zero-order chi connectivity index (χ0) is 16.8. The van der Waals surface area contributed by atoms with Crippen LogP contribution in [0.4, 0.5) is 4.79 Å². The van der Waals surface area contributed by atoms with Crippen LogP contribution in [0.15, 0.2) is 42.5 Å². The fraction of sp³-hybridized carbons (Fsp3) is 0.389. The molecule has 0 bridgehead atoms. The smallest absolute Gasteiger partial charge is 0.404 e. The maximum atomic E-state index is 11.2. The first-order valence-corrected chi connectivity index (χ1v) is 8.21. The van der Waals surface area contributed by atoms with Crippen LogP contribution in [0.2, 0.25) is 0 Å². The van der Waals surface area contributed by atoms with Gasteiger partial charge in [-0.15, -0.1) is 11.6 Å². The third-order valence-electron chi connectivity index (χ3n) is 3.89. The van der Waals surface area contributed by atoms with E-state index in [-0.39, 0.29) is 11.8 Å². The first kappa shape index (κ1) is 17.6. The van der Waals surface area contributed by atoms with Gasteiger partial charge in [-0.05, 0) is 29.7 Å². The molecule has 0 saturated carbocycles. The highest BCUT2D eigenvalue weighted by molar-refractivity contribution is 6.18. The van der Waals surface area contributed by atoms with Crippen molar-refractivity contribution < 1.29 is 14.6 Å². The van der Waals surface area contributed by atoms with Gasteiger partial charge in [0.05, 0.1) is 6.10 Å². The number of benzene rings is 2. The van der Waals surface area contributed by atoms with E-state index in [2.05, 4.69) is 6.07 Å². The third-order valence-corrected chi connectivity index (χ3v) is 4.28. The van der Waals surface area contributed by atoms with Crippen molar-refractivity contribution in [1.82, 2.24) is 0 Å². The van der Waals surface area contributed by atoms with Crippen molar-refractivity contribution in [3.8, 4) is 0 Å². The number of alkyl halides is 1. The van der Waals surface area contributed by atoms with Gasteiger partial charge in [0.1, 0.15) is 6.10 Å². The van der Waals surface area contributed by atoms with Crippen molar-refractivity contribution in [2.75, 3.05) is 5.88 Å². The molecule has 0 spiro atoms. The van der Waals surface area contributed by atoms with Crippen LogP contribution in [-0.4, -0.2) is 29.3 Å². The van der Waals surface area contributed by atoms with E-state index in [1.54, 1.807) is 6.92 Å². The molecule has 0 aliphatic heterocycles. The fourth-order valence-electron chi connectivity index (χ4n) is 2.80. The normalized spacial score (nSPS) is 15.1. The molecular weight excluding hydrogens is 314 g/mol. The molecule has 3 atom stereocenters. The monoisotopic (exact) mass is 335 g/mol. The van der Waals surface area contributed by atoms with Crippen molar-refractivity contribution in [3.63, 3.8) is 0 Å². The lowest BCUT2D eigenvalue weighted by molar-refractivity contribution is 0.0530. The molecule has 0 saturated heterocycles. The molecule has 0 radical (unpaired) electrons. The Kier molecular flexibility index (Phi) is 6.25. The summed E-state index contributed by atoms with van der Waals surface area (Å²) in [6, 6.07) is 14.2. The average molecular weight is 336 g/mol. The lowest BCUT2D eigenvalue weighted by Gasteiger charge is -2.26. The van der Waals surface area contributed by atoms with Crippen LogP contribution in [-0.2, 0) is 11.2 Å². The van der Waals surface area contributed by atoms with Crippen LogP contribution in [0.5, 0.6) is 0 Å². The van der Waals surface area contributed by atoms with Crippen LogP contribution in [0.1, 0.15) is 18.9 Å². The van der Waals surface area contributed by atoms with Gasteiger partial charge in [0.15, 0.2) is 0 Å². The van der Waals surface area contributed by atoms with E-state index >= 15 is 0 Å². The largest absolute Gasteiger partial charge is 0.446 e. The highest BCUT2D eigenvalue weighted by Gasteiger charge is 2.25. The van der Waals surface area contributed by atoms with E-state index in [0.29, 0.717) is 12.8 Å². The predicted molar refractivity (Wildman–Crippen MR) is 92.6 cm³/mol. The number of carbonyl (C=O) groups is 1. The van der Waals surface area contributed by atoms with Crippen LogP contribution in [0, 0.1) is 5.92 Å². The summed E-state index contributed by atoms with van der Waals surface area (Å²) in [4.78, 5) is 11.2. The number of hydrogen-bond donors (Lipinski definition) is 2. The number of rotatable bonds is 7. The van der Waals surface area contributed by atoms with E-state index in [4.69, 9.17) is 22.1 Å². The van der Waals surface area contributed by atoms with Gasteiger partial charge in [0.2, 0.25) is 0 Å². The number of ether oxygens (including phenoxy) is 1. The van der Waals surface area contributed by atoms with Crippen molar-refractivity contribution in [2.45, 2.75) is 32.0 Å². The number of hydrogen-bond acceptors (Lipinski definition) is 3. The van der Waals surface area contributed by atoms with Crippen molar-refractivity contribution >= 4 is 28.5 Å². The number of aliphatic hydroxyl groups is 1. The molecular formula is C18H22ClNO3. The summed E-state index contributed by atoms with van der Waals surface area (Å²) in [7, 11) is 0. The number of carbonyl (C=O) groups excluding carboxylic acids is 1. The summed E-state index contributed by atoms with van der Waals surface area (Å²) in [5.74, 6) is 0.131. The molecule has 4 nitrogen and oxygen atoms in total. The van der Waals surface area contributed by atoms with E-state index in [1.807, 2.05) is 36.4 Å². The van der Waals surface area contributed by atoms with Crippen molar-refractivity contribution in [1.29, 1.82) is 0 Å². The van der Waals surface area contributed by atoms with Gasteiger partial charge in [-0.3, -0.25) is 0 Å². The van der Waals surface area contributed by atoms with Crippen LogP contribution < -0.4 is 5.73 Å². The fourth-order valence-corrected chi connectivity index (χ4v) is 3.13. The zero-order valence-electron chi connectivity index (χ0n) is 13.1. The summed E-state index contributed by atoms with van der Waals surface area (Å²) < 4.78 is 5.26. The molecule has 2 aromatic rings. The number of primary amides is 1. The van der Waals surface area contributed by atoms with Gasteiger partial charge >= 0.3 is 6.09 Å². The predicted octanol–water partition coefficient (Wildman–Crippen LogP) is 3.47. The zero-order valence-corrected chi connectivity index (χ0v) is 13.9. The molecule has 0 aliphatic carbocycles. The molecule has 2 aromatic carbocycles. The Morgan fingerprint density at radius 2 is 1.96 bits per heavy atom. The first-order valence-electron chi connectivity index (χ1n) is 7.67. The summed E-state index contributed by atoms with van der Waals surface area (Å²) >= 11 is 6.01. The molecule has 0 heterocycles. The molecule has 1 unspecified atom stereocenters. The third kappa shape index (κ3) is 5.12. The van der Waals surface area contributed by atoms with Gasteiger partial charge in [-0.1, -0.05) is 42.5 Å². The Morgan fingerprint density at radius 1 is 1.26 bits per heavy atom. The summed E-state index contributed by atoms with van der Waals surface area (Å²) in [6.07, 6.45) is -0.834. The van der Waals surface area contributed by atoms with Crippen LogP contribution >= 0.6 is 11.6 Å². The molecule has 124 valence electrons. The second-order valence-corrected chi connectivity index (χ2v) is 6.17. The van der Waals surface area contributed by atoms with Gasteiger partial charge in [-0.25, -0.2) is 4.79 Å². The van der Waals surface area contributed by atoms with E-state index < -0.39 is 18.3 Å². The Balaban J connectivity index is 2.22. The summed E-state index contributed by atoms with van der Waals surface area (Å²) in [5, 5.41) is 11.9. The number of halogens is 1. The van der Waals surface area contributed by atoms with Crippen molar-refractivity contribution in [2.24, 2.45) is 11.7 Å². The first-order chi connectivity index (χ1) is 11.0. The Labute approximate surface area is 141 Å². The van der Waals surface area contributed by atoms with E-state index in [9.17, 15) is 9.90 Å². The van der Waals surface area contributed by atoms with Gasteiger partial charge in [0, 0.05) is 18.2 Å². The summed E-state index contributed by atoms with van der Waals surface area (Å²) in [5.41, 5.74) is 6.23. The minimum absolute atomic E-state index is 0.157. The molecule has 2 rings (SSSR count). The highest BCUT2D eigenvalue weighted by atomic mass is 35.5. The molecule has 3 N–H and O–H groups in total. The summed E-state index contributed by atoms with van der Waals surface area (Å²) in [6.45, 7) is 1.69. The van der Waals surface area contributed by atoms with E-state index in [0.717, 1.165) is 16.3 Å².